The zero-order valence-electron chi connectivity index (χ0n) is 12.5. The van der Waals surface area contributed by atoms with Crippen LogP contribution >= 0.6 is 11.8 Å². The molecule has 1 aliphatic rings. The molecule has 0 spiro atoms. The molecule has 4 nitrogen and oxygen atoms in total. The van der Waals surface area contributed by atoms with Crippen LogP contribution in [0, 0.1) is 0 Å². The number of nitrogens with zero attached hydrogens (tertiary/aromatic N) is 1. The number of ketones is 1. The van der Waals surface area contributed by atoms with Gasteiger partial charge in [0.05, 0.1) is 5.69 Å². The van der Waals surface area contributed by atoms with E-state index in [0.29, 0.717) is 23.4 Å². The summed E-state index contributed by atoms with van der Waals surface area (Å²) in [5.41, 5.74) is 1.59. The Morgan fingerprint density at radius 1 is 1.04 bits per heavy atom. The van der Waals surface area contributed by atoms with Crippen molar-refractivity contribution in [1.82, 2.24) is 4.42 Å². The van der Waals surface area contributed by atoms with Gasteiger partial charge < -0.3 is 5.32 Å². The molecule has 1 saturated heterocycles. The molecular weight excluding hydrogens is 312 g/mol. The number of carbonyl (C=O) groups excluding carboxylic acids is 2. The van der Waals surface area contributed by atoms with Crippen molar-refractivity contribution in [2.45, 2.75) is 18.9 Å². The lowest BCUT2D eigenvalue weighted by Gasteiger charge is -2.17. The summed E-state index contributed by atoms with van der Waals surface area (Å²) in [4.78, 5) is 25.0. The minimum absolute atomic E-state index is 0.115. The summed E-state index contributed by atoms with van der Waals surface area (Å²) in [5, 5.41) is 2.85. The zero-order chi connectivity index (χ0) is 16.2. The summed E-state index contributed by atoms with van der Waals surface area (Å²) in [6, 6.07) is 15.7. The second-order valence-electron chi connectivity index (χ2n) is 5.51. The van der Waals surface area contributed by atoms with Gasteiger partial charge in [-0.05, 0) is 36.8 Å². The van der Waals surface area contributed by atoms with Gasteiger partial charge in [0.25, 0.3) is 0 Å². The van der Waals surface area contributed by atoms with Gasteiger partial charge in [-0.3, -0.25) is 9.59 Å². The molecule has 1 heterocycles. The van der Waals surface area contributed by atoms with Crippen molar-refractivity contribution < 1.29 is 9.59 Å². The van der Waals surface area contributed by atoms with E-state index in [4.69, 9.17) is 11.8 Å². The summed E-state index contributed by atoms with van der Waals surface area (Å²) in [6.07, 6.45) is 1.62. The number of benzene rings is 2. The predicted octanol–water partition coefficient (Wildman–Crippen LogP) is 3.47. The highest BCUT2D eigenvalue weighted by atomic mass is 35.5. The van der Waals surface area contributed by atoms with Gasteiger partial charge >= 0.3 is 0 Å². The molecule has 0 aliphatic carbocycles. The monoisotopic (exact) mass is 328 g/mol. The first-order chi connectivity index (χ1) is 11.2. The van der Waals surface area contributed by atoms with Gasteiger partial charge in [0.15, 0.2) is 5.78 Å². The normalized spacial score (nSPS) is 17.9. The van der Waals surface area contributed by atoms with E-state index in [0.717, 1.165) is 12.8 Å². The standard InChI is InChI=1S/C18H17ClN2O2/c19-21-12-6-11-16(21)18(23)20-15-10-5-4-9-14(15)17(22)13-7-2-1-3-8-13/h1-5,7-10,16H,6,11-12H2,(H,20,23)/t16-/m0/s1. The Labute approximate surface area is 140 Å². The molecule has 1 aliphatic heterocycles. The number of carbonyl (C=O) groups is 2. The fourth-order valence-electron chi connectivity index (χ4n) is 2.74. The molecule has 1 N–H and O–H groups in total. The average molecular weight is 329 g/mol. The van der Waals surface area contributed by atoms with Crippen LogP contribution < -0.4 is 5.32 Å². The highest BCUT2D eigenvalue weighted by Gasteiger charge is 2.30. The summed E-state index contributed by atoms with van der Waals surface area (Å²) in [6.45, 7) is 0.699. The molecule has 0 unspecified atom stereocenters. The lowest BCUT2D eigenvalue weighted by atomic mass is 10.0. The minimum Gasteiger partial charge on any atom is -0.324 e. The molecule has 23 heavy (non-hydrogen) atoms. The Kier molecular flexibility index (Phi) is 4.74. The van der Waals surface area contributed by atoms with Crippen LogP contribution in [0.5, 0.6) is 0 Å². The van der Waals surface area contributed by atoms with E-state index >= 15 is 0 Å². The Hall–Kier alpha value is -2.17. The molecule has 118 valence electrons. The molecule has 0 saturated carbocycles. The van der Waals surface area contributed by atoms with Crippen LogP contribution in [0.3, 0.4) is 0 Å². The van der Waals surface area contributed by atoms with E-state index in [1.165, 1.54) is 4.42 Å². The SMILES string of the molecule is O=C(c1ccccc1)c1ccccc1NC(=O)[C@@H]1CCCN1Cl. The van der Waals surface area contributed by atoms with E-state index in [1.807, 2.05) is 18.2 Å². The molecule has 0 bridgehead atoms. The third-order valence-corrected chi connectivity index (χ3v) is 4.36. The fourth-order valence-corrected chi connectivity index (χ4v) is 3.05. The molecule has 5 heteroatoms. The molecule has 0 radical (unpaired) electrons. The molecule has 2 aromatic carbocycles. The number of nitrogens with one attached hydrogen (secondary N) is 1. The second kappa shape index (κ2) is 6.94. The number of hydrogen-bond donors (Lipinski definition) is 1. The number of amides is 1. The van der Waals surface area contributed by atoms with Gasteiger partial charge in [0.2, 0.25) is 5.91 Å². The van der Waals surface area contributed by atoms with Gasteiger partial charge in [0, 0.05) is 17.7 Å². The van der Waals surface area contributed by atoms with Crippen molar-refractivity contribution in [2.75, 3.05) is 11.9 Å². The summed E-state index contributed by atoms with van der Waals surface area (Å²) < 4.78 is 1.52. The maximum atomic E-state index is 12.6. The van der Waals surface area contributed by atoms with Crippen LogP contribution in [0.15, 0.2) is 54.6 Å². The number of rotatable bonds is 4. The summed E-state index contributed by atoms with van der Waals surface area (Å²) in [7, 11) is 0. The van der Waals surface area contributed by atoms with Crippen LogP contribution in [0.2, 0.25) is 0 Å². The average Bonchev–Trinajstić information content (AvgIpc) is 3.02. The molecule has 1 atom stereocenters. The molecule has 1 fully saturated rings. The maximum absolute atomic E-state index is 12.6. The first-order valence-corrected chi connectivity index (χ1v) is 7.92. The molecular formula is C18H17ClN2O2. The Morgan fingerprint density at radius 3 is 2.43 bits per heavy atom. The van der Waals surface area contributed by atoms with Gasteiger partial charge in [-0.25, -0.2) is 4.42 Å². The van der Waals surface area contributed by atoms with Crippen LogP contribution in [-0.2, 0) is 4.79 Å². The highest BCUT2D eigenvalue weighted by molar-refractivity contribution is 6.17. The van der Waals surface area contributed by atoms with Crippen molar-refractivity contribution >= 4 is 29.2 Å². The van der Waals surface area contributed by atoms with Crippen LogP contribution in [0.4, 0.5) is 5.69 Å². The number of para-hydroxylation sites is 1. The van der Waals surface area contributed by atoms with Gasteiger partial charge in [0.1, 0.15) is 6.04 Å². The lowest BCUT2D eigenvalue weighted by Crippen LogP contribution is -2.34. The number of anilines is 1. The fraction of sp³-hybridized carbons (Fsp3) is 0.222. The number of halogens is 1. The zero-order valence-corrected chi connectivity index (χ0v) is 13.3. The largest absolute Gasteiger partial charge is 0.324 e. The maximum Gasteiger partial charge on any atom is 0.243 e. The summed E-state index contributed by atoms with van der Waals surface area (Å²) in [5.74, 6) is -0.290. The third kappa shape index (κ3) is 3.44. The van der Waals surface area contributed by atoms with Crippen molar-refractivity contribution in [1.29, 1.82) is 0 Å². The molecule has 3 rings (SSSR count). The predicted molar refractivity (Wildman–Crippen MR) is 90.5 cm³/mol. The van der Waals surface area contributed by atoms with Crippen molar-refractivity contribution in [3.8, 4) is 0 Å². The summed E-state index contributed by atoms with van der Waals surface area (Å²) >= 11 is 6.04. The van der Waals surface area contributed by atoms with Crippen molar-refractivity contribution in [3.63, 3.8) is 0 Å². The second-order valence-corrected chi connectivity index (χ2v) is 5.95. The lowest BCUT2D eigenvalue weighted by molar-refractivity contribution is -0.119. The Bertz CT molecular complexity index is 718. The first kappa shape index (κ1) is 15.7. The highest BCUT2D eigenvalue weighted by Crippen LogP contribution is 2.23. The van der Waals surface area contributed by atoms with E-state index < -0.39 is 0 Å². The molecule has 2 aromatic rings. The Morgan fingerprint density at radius 2 is 1.74 bits per heavy atom. The minimum atomic E-state index is -0.350. The topological polar surface area (TPSA) is 49.4 Å². The smallest absolute Gasteiger partial charge is 0.243 e. The van der Waals surface area contributed by atoms with E-state index in [2.05, 4.69) is 5.32 Å². The Balaban J connectivity index is 1.84. The van der Waals surface area contributed by atoms with Gasteiger partial charge in [-0.2, -0.15) is 0 Å². The third-order valence-electron chi connectivity index (χ3n) is 3.96. The van der Waals surface area contributed by atoms with E-state index in [9.17, 15) is 9.59 Å². The van der Waals surface area contributed by atoms with E-state index in [1.54, 1.807) is 36.4 Å². The van der Waals surface area contributed by atoms with Crippen LogP contribution in [-0.4, -0.2) is 28.7 Å². The molecule has 0 aromatic heterocycles. The van der Waals surface area contributed by atoms with Gasteiger partial charge in [-0.15, -0.1) is 0 Å². The number of hydrogen-bond acceptors (Lipinski definition) is 3. The molecule has 1 amide bonds. The van der Waals surface area contributed by atoms with E-state index in [-0.39, 0.29) is 17.7 Å². The van der Waals surface area contributed by atoms with Crippen molar-refractivity contribution in [2.24, 2.45) is 0 Å². The van der Waals surface area contributed by atoms with Crippen LogP contribution in [0.1, 0.15) is 28.8 Å². The van der Waals surface area contributed by atoms with Crippen LogP contribution in [0.25, 0.3) is 0 Å². The quantitative estimate of drug-likeness (QED) is 0.690. The first-order valence-electron chi connectivity index (χ1n) is 7.59. The van der Waals surface area contributed by atoms with Gasteiger partial charge in [-0.1, -0.05) is 42.5 Å². The van der Waals surface area contributed by atoms with Crippen molar-refractivity contribution in [3.05, 3.63) is 65.7 Å².